The average Bonchev–Trinajstić information content (AvgIpc) is 3.02. The Labute approximate surface area is 133 Å². The Kier molecular flexibility index (Phi) is 6.34. The fourth-order valence-electron chi connectivity index (χ4n) is 3.08. The van der Waals surface area contributed by atoms with Crippen molar-refractivity contribution in [3.63, 3.8) is 0 Å². The predicted octanol–water partition coefficient (Wildman–Crippen LogP) is 2.14. The minimum Gasteiger partial charge on any atom is -0.493 e. The van der Waals surface area contributed by atoms with Crippen LogP contribution in [0.1, 0.15) is 18.9 Å². The summed E-state index contributed by atoms with van der Waals surface area (Å²) in [6.07, 6.45) is 1.28. The number of benzene rings is 1. The summed E-state index contributed by atoms with van der Waals surface area (Å²) in [4.78, 5) is 2.50. The zero-order valence-electron chi connectivity index (χ0n) is 14.1. The Morgan fingerprint density at radius 2 is 1.91 bits per heavy atom. The van der Waals surface area contributed by atoms with Crippen molar-refractivity contribution in [2.24, 2.45) is 5.92 Å². The van der Waals surface area contributed by atoms with Gasteiger partial charge in [-0.1, -0.05) is 13.0 Å². The van der Waals surface area contributed by atoms with Gasteiger partial charge in [-0.05, 0) is 38.0 Å². The average molecular weight is 308 g/mol. The predicted molar refractivity (Wildman–Crippen MR) is 88.0 cm³/mol. The molecule has 1 aliphatic rings. The van der Waals surface area contributed by atoms with Crippen LogP contribution in [0.2, 0.25) is 0 Å². The van der Waals surface area contributed by atoms with E-state index < -0.39 is 0 Å². The molecule has 0 aromatic heterocycles. The number of methoxy groups -OCH3 is 3. The third kappa shape index (κ3) is 3.84. The van der Waals surface area contributed by atoms with E-state index in [1.807, 2.05) is 12.1 Å². The van der Waals surface area contributed by atoms with E-state index in [2.05, 4.69) is 17.1 Å². The molecule has 22 heavy (non-hydrogen) atoms. The highest BCUT2D eigenvalue weighted by molar-refractivity contribution is 5.55. The lowest BCUT2D eigenvalue weighted by atomic mass is 10.1. The molecular formula is C17H28N2O3. The first-order valence-corrected chi connectivity index (χ1v) is 7.94. The topological polar surface area (TPSA) is 43.0 Å². The van der Waals surface area contributed by atoms with Crippen LogP contribution in [0.3, 0.4) is 0 Å². The molecule has 0 amide bonds. The Balaban J connectivity index is 1.95. The molecule has 1 fully saturated rings. The van der Waals surface area contributed by atoms with Crippen LogP contribution >= 0.6 is 0 Å². The van der Waals surface area contributed by atoms with Gasteiger partial charge < -0.3 is 24.4 Å². The molecule has 1 N–H and O–H groups in total. The quantitative estimate of drug-likeness (QED) is 0.797. The zero-order chi connectivity index (χ0) is 15.9. The monoisotopic (exact) mass is 308 g/mol. The summed E-state index contributed by atoms with van der Waals surface area (Å²) in [7, 11) is 4.93. The molecule has 1 aromatic rings. The molecule has 1 aliphatic heterocycles. The molecule has 2 rings (SSSR count). The number of nitrogens with one attached hydrogen (secondary N) is 1. The van der Waals surface area contributed by atoms with E-state index in [9.17, 15) is 0 Å². The van der Waals surface area contributed by atoms with Gasteiger partial charge >= 0.3 is 0 Å². The second-order valence-electron chi connectivity index (χ2n) is 5.67. The molecule has 0 saturated carbocycles. The van der Waals surface area contributed by atoms with Gasteiger partial charge in [0.15, 0.2) is 11.5 Å². The van der Waals surface area contributed by atoms with E-state index in [-0.39, 0.29) is 0 Å². The van der Waals surface area contributed by atoms with Crippen molar-refractivity contribution < 1.29 is 14.2 Å². The van der Waals surface area contributed by atoms with E-state index in [0.29, 0.717) is 11.5 Å². The van der Waals surface area contributed by atoms with Crippen molar-refractivity contribution in [1.82, 2.24) is 10.2 Å². The van der Waals surface area contributed by atoms with Crippen molar-refractivity contribution in [2.75, 3.05) is 47.5 Å². The molecule has 0 spiro atoms. The maximum absolute atomic E-state index is 5.51. The number of hydrogen-bond donors (Lipinski definition) is 1. The van der Waals surface area contributed by atoms with Gasteiger partial charge in [-0.3, -0.25) is 0 Å². The number of hydrogen-bond acceptors (Lipinski definition) is 5. The normalized spacial score (nSPS) is 18.5. The molecule has 1 atom stereocenters. The summed E-state index contributed by atoms with van der Waals surface area (Å²) >= 11 is 0. The lowest BCUT2D eigenvalue weighted by molar-refractivity contribution is 0.320. The van der Waals surface area contributed by atoms with E-state index in [1.165, 1.54) is 19.5 Å². The maximum atomic E-state index is 5.51. The van der Waals surface area contributed by atoms with Crippen LogP contribution in [-0.4, -0.2) is 52.4 Å². The van der Waals surface area contributed by atoms with Crippen LogP contribution in [0, 0.1) is 5.92 Å². The first-order chi connectivity index (χ1) is 10.7. The van der Waals surface area contributed by atoms with Crippen LogP contribution in [0.5, 0.6) is 17.2 Å². The molecule has 0 aliphatic carbocycles. The third-order valence-electron chi connectivity index (χ3n) is 4.35. The van der Waals surface area contributed by atoms with Crippen LogP contribution in [0.25, 0.3) is 0 Å². The van der Waals surface area contributed by atoms with Gasteiger partial charge in [0.2, 0.25) is 5.75 Å². The number of rotatable bonds is 8. The number of ether oxygens (including phenoxy) is 3. The highest BCUT2D eigenvalue weighted by atomic mass is 16.5. The summed E-state index contributed by atoms with van der Waals surface area (Å²) in [6, 6.07) is 3.95. The summed E-state index contributed by atoms with van der Waals surface area (Å²) in [5.41, 5.74) is 1.09. The molecule has 5 nitrogen and oxygen atoms in total. The highest BCUT2D eigenvalue weighted by Crippen LogP contribution is 2.39. The van der Waals surface area contributed by atoms with Gasteiger partial charge in [-0.2, -0.15) is 0 Å². The standard InChI is InChI=1S/C17H28N2O3/c1-5-19-9-8-13(12-19)10-18-11-14-6-7-15(20-2)17(22-4)16(14)21-3/h6-7,13,18H,5,8-12H2,1-4H3. The van der Waals surface area contributed by atoms with E-state index >= 15 is 0 Å². The first-order valence-electron chi connectivity index (χ1n) is 7.94. The molecule has 0 radical (unpaired) electrons. The van der Waals surface area contributed by atoms with Crippen molar-refractivity contribution in [1.29, 1.82) is 0 Å². The van der Waals surface area contributed by atoms with Crippen molar-refractivity contribution in [3.8, 4) is 17.2 Å². The second-order valence-corrected chi connectivity index (χ2v) is 5.67. The van der Waals surface area contributed by atoms with Gasteiger partial charge in [0, 0.05) is 18.7 Å². The minimum absolute atomic E-state index is 0.655. The molecule has 0 bridgehead atoms. The maximum Gasteiger partial charge on any atom is 0.203 e. The summed E-state index contributed by atoms with van der Waals surface area (Å²) < 4.78 is 16.2. The minimum atomic E-state index is 0.655. The molecule has 124 valence electrons. The fraction of sp³-hybridized carbons (Fsp3) is 0.647. The van der Waals surface area contributed by atoms with Gasteiger partial charge in [0.1, 0.15) is 0 Å². The third-order valence-corrected chi connectivity index (χ3v) is 4.35. The molecule has 1 aromatic carbocycles. The SMILES string of the molecule is CCN1CCC(CNCc2ccc(OC)c(OC)c2OC)C1. The highest BCUT2D eigenvalue weighted by Gasteiger charge is 2.21. The van der Waals surface area contributed by atoms with E-state index in [0.717, 1.165) is 36.9 Å². The van der Waals surface area contributed by atoms with E-state index in [4.69, 9.17) is 14.2 Å². The van der Waals surface area contributed by atoms with Crippen LogP contribution in [0.15, 0.2) is 12.1 Å². The van der Waals surface area contributed by atoms with Crippen molar-refractivity contribution in [2.45, 2.75) is 19.9 Å². The first kappa shape index (κ1) is 16.9. The van der Waals surface area contributed by atoms with Crippen molar-refractivity contribution in [3.05, 3.63) is 17.7 Å². The Morgan fingerprint density at radius 3 is 2.50 bits per heavy atom. The zero-order valence-corrected chi connectivity index (χ0v) is 14.1. The van der Waals surface area contributed by atoms with Gasteiger partial charge in [0.25, 0.3) is 0 Å². The summed E-state index contributed by atoms with van der Waals surface area (Å²) in [5, 5.41) is 3.55. The number of nitrogens with zero attached hydrogens (tertiary/aromatic N) is 1. The smallest absolute Gasteiger partial charge is 0.203 e. The Hall–Kier alpha value is -1.46. The van der Waals surface area contributed by atoms with Gasteiger partial charge in [0.05, 0.1) is 21.3 Å². The van der Waals surface area contributed by atoms with Gasteiger partial charge in [-0.15, -0.1) is 0 Å². The summed E-state index contributed by atoms with van der Waals surface area (Å²) in [5.74, 6) is 2.84. The Bertz CT molecular complexity index is 479. The molecule has 5 heteroatoms. The van der Waals surface area contributed by atoms with Crippen molar-refractivity contribution >= 4 is 0 Å². The molecule has 1 unspecified atom stereocenters. The van der Waals surface area contributed by atoms with E-state index in [1.54, 1.807) is 21.3 Å². The lowest BCUT2D eigenvalue weighted by Gasteiger charge is -2.17. The van der Waals surface area contributed by atoms with Crippen LogP contribution < -0.4 is 19.5 Å². The Morgan fingerprint density at radius 1 is 1.14 bits per heavy atom. The largest absolute Gasteiger partial charge is 0.493 e. The molecular weight excluding hydrogens is 280 g/mol. The summed E-state index contributed by atoms with van der Waals surface area (Å²) in [6.45, 7) is 7.61. The van der Waals surface area contributed by atoms with Crippen LogP contribution in [-0.2, 0) is 6.54 Å². The molecule has 1 heterocycles. The van der Waals surface area contributed by atoms with Crippen LogP contribution in [0.4, 0.5) is 0 Å². The fourth-order valence-corrected chi connectivity index (χ4v) is 3.08. The van der Waals surface area contributed by atoms with Gasteiger partial charge in [-0.25, -0.2) is 0 Å². The molecule has 1 saturated heterocycles. The lowest BCUT2D eigenvalue weighted by Crippen LogP contribution is -2.26. The second kappa shape index (κ2) is 8.25. The number of likely N-dealkylation sites (tertiary alicyclic amines) is 1.